The number of carbonyl (C=O) groups excluding carboxylic acids is 2. The summed E-state index contributed by atoms with van der Waals surface area (Å²) in [5, 5.41) is 3.34. The monoisotopic (exact) mass is 533 g/mol. The molecule has 0 unspecified atom stereocenters. The molecule has 1 heterocycles. The average Bonchev–Trinajstić information content (AvgIpc) is 2.98. The number of hydrogen-bond acceptors (Lipinski definition) is 6. The summed E-state index contributed by atoms with van der Waals surface area (Å²) >= 11 is 0. The van der Waals surface area contributed by atoms with Crippen molar-refractivity contribution in [2.75, 3.05) is 0 Å². The molecule has 40 heavy (non-hydrogen) atoms. The smallest absolute Gasteiger partial charge is 0.408 e. The molecule has 0 spiro atoms. The predicted octanol–water partition coefficient (Wildman–Crippen LogP) is 6.27. The molecule has 0 radical (unpaired) electrons. The number of ether oxygens (including phenoxy) is 2. The van der Waals surface area contributed by atoms with Gasteiger partial charge in [-0.1, -0.05) is 91.0 Å². The third kappa shape index (κ3) is 6.27. The second-order valence-corrected chi connectivity index (χ2v) is 9.28. The molecule has 0 fully saturated rings. The molecule has 1 atom stereocenters. The second kappa shape index (κ2) is 12.1. The van der Waals surface area contributed by atoms with Crippen molar-refractivity contribution in [3.63, 3.8) is 0 Å². The first-order chi connectivity index (χ1) is 19.5. The van der Waals surface area contributed by atoms with Crippen LogP contribution >= 0.6 is 0 Å². The minimum absolute atomic E-state index is 0.0541. The Labute approximate surface area is 231 Å². The van der Waals surface area contributed by atoms with Crippen molar-refractivity contribution < 1.29 is 23.5 Å². The van der Waals surface area contributed by atoms with E-state index in [4.69, 9.17) is 13.9 Å². The van der Waals surface area contributed by atoms with Gasteiger partial charge in [-0.15, -0.1) is 0 Å². The van der Waals surface area contributed by atoms with Crippen LogP contribution in [0.15, 0.2) is 118 Å². The molecule has 5 aromatic rings. The number of rotatable bonds is 8. The number of fused-ring (bicyclic) bond motifs is 1. The van der Waals surface area contributed by atoms with Crippen molar-refractivity contribution in [2.45, 2.75) is 26.0 Å². The number of aryl methyl sites for hydroxylation is 1. The Morgan fingerprint density at radius 2 is 1.45 bits per heavy atom. The van der Waals surface area contributed by atoms with E-state index in [9.17, 15) is 14.4 Å². The van der Waals surface area contributed by atoms with Crippen LogP contribution in [0, 0.1) is 6.92 Å². The lowest BCUT2D eigenvalue weighted by Crippen LogP contribution is -2.36. The van der Waals surface area contributed by atoms with Gasteiger partial charge >= 0.3 is 17.7 Å². The van der Waals surface area contributed by atoms with Crippen LogP contribution in [0.2, 0.25) is 0 Å². The SMILES string of the molecule is Cc1c(Cc2ccccc2)c(=O)oc2cc(OC(=O)[C@H](NC(=O)OCc3ccccc3)c3ccccc3)ccc12. The number of nitrogens with one attached hydrogen (secondary N) is 1. The maximum atomic E-state index is 13.3. The number of carbonyl (C=O) groups is 2. The molecule has 0 bridgehead atoms. The summed E-state index contributed by atoms with van der Waals surface area (Å²) in [6.45, 7) is 1.93. The number of esters is 1. The van der Waals surface area contributed by atoms with Crippen molar-refractivity contribution in [1.29, 1.82) is 0 Å². The van der Waals surface area contributed by atoms with Gasteiger partial charge in [0.25, 0.3) is 0 Å². The van der Waals surface area contributed by atoms with Crippen molar-refractivity contribution in [2.24, 2.45) is 0 Å². The third-order valence-electron chi connectivity index (χ3n) is 6.54. The summed E-state index contributed by atoms with van der Waals surface area (Å²) in [4.78, 5) is 38.7. The molecule has 0 aliphatic heterocycles. The van der Waals surface area contributed by atoms with Crippen molar-refractivity contribution in [3.8, 4) is 5.75 Å². The van der Waals surface area contributed by atoms with Gasteiger partial charge in [-0.05, 0) is 41.3 Å². The van der Waals surface area contributed by atoms with Gasteiger partial charge < -0.3 is 19.2 Å². The molecule has 200 valence electrons. The highest BCUT2D eigenvalue weighted by Crippen LogP contribution is 2.26. The fraction of sp³-hybridized carbons (Fsp3) is 0.121. The number of amides is 1. The number of alkyl carbamates (subject to hydrolysis) is 1. The highest BCUT2D eigenvalue weighted by Gasteiger charge is 2.26. The van der Waals surface area contributed by atoms with Crippen LogP contribution in [-0.2, 0) is 22.6 Å². The lowest BCUT2D eigenvalue weighted by molar-refractivity contribution is -0.136. The first-order valence-electron chi connectivity index (χ1n) is 12.8. The van der Waals surface area contributed by atoms with Gasteiger partial charge in [-0.2, -0.15) is 0 Å². The Hall–Kier alpha value is -5.17. The van der Waals surface area contributed by atoms with Crippen molar-refractivity contribution in [1.82, 2.24) is 5.32 Å². The minimum Gasteiger partial charge on any atom is -0.445 e. The predicted molar refractivity (Wildman–Crippen MR) is 151 cm³/mol. The molecule has 7 nitrogen and oxygen atoms in total. The van der Waals surface area contributed by atoms with Gasteiger partial charge in [0, 0.05) is 23.4 Å². The zero-order valence-corrected chi connectivity index (χ0v) is 21.8. The molecular weight excluding hydrogens is 506 g/mol. The van der Waals surface area contributed by atoms with Crippen LogP contribution in [0.4, 0.5) is 4.79 Å². The van der Waals surface area contributed by atoms with Crippen LogP contribution < -0.4 is 15.7 Å². The standard InChI is InChI=1S/C33H27NO6/c1-22-27-18-17-26(20-29(27)40-31(35)28(22)19-23-11-5-2-6-12-23)39-32(36)30(25-15-9-4-10-16-25)34-33(37)38-21-24-13-7-3-8-14-24/h2-18,20,30H,19,21H2,1H3,(H,34,37)/t30-/m1/s1. The Bertz CT molecular complexity index is 1680. The van der Waals surface area contributed by atoms with Gasteiger partial charge in [-0.25, -0.2) is 14.4 Å². The maximum absolute atomic E-state index is 13.3. The Balaban J connectivity index is 1.34. The second-order valence-electron chi connectivity index (χ2n) is 9.28. The van der Waals surface area contributed by atoms with E-state index in [0.717, 1.165) is 22.1 Å². The zero-order chi connectivity index (χ0) is 27.9. The van der Waals surface area contributed by atoms with Gasteiger partial charge in [0.15, 0.2) is 6.04 Å². The fourth-order valence-corrected chi connectivity index (χ4v) is 4.42. The topological polar surface area (TPSA) is 94.8 Å². The van der Waals surface area contributed by atoms with E-state index in [-0.39, 0.29) is 12.4 Å². The molecule has 0 saturated carbocycles. The largest absolute Gasteiger partial charge is 0.445 e. The summed E-state index contributed by atoms with van der Waals surface area (Å²) in [5.74, 6) is -0.543. The first-order valence-corrected chi connectivity index (χ1v) is 12.8. The molecule has 5 rings (SSSR count). The number of benzene rings is 4. The van der Waals surface area contributed by atoms with E-state index in [1.54, 1.807) is 42.5 Å². The van der Waals surface area contributed by atoms with E-state index >= 15 is 0 Å². The van der Waals surface area contributed by atoms with Crippen molar-refractivity contribution >= 4 is 23.0 Å². The average molecular weight is 534 g/mol. The summed E-state index contributed by atoms with van der Waals surface area (Å²) in [6, 6.07) is 31.4. The molecule has 1 N–H and O–H groups in total. The van der Waals surface area contributed by atoms with Crippen LogP contribution in [0.3, 0.4) is 0 Å². The van der Waals surface area contributed by atoms with Gasteiger partial charge in [0.2, 0.25) is 0 Å². The lowest BCUT2D eigenvalue weighted by atomic mass is 10.00. The van der Waals surface area contributed by atoms with E-state index in [1.165, 1.54) is 6.07 Å². The van der Waals surface area contributed by atoms with Gasteiger partial charge in [-0.3, -0.25) is 0 Å². The first kappa shape index (κ1) is 26.4. The Morgan fingerprint density at radius 1 is 0.825 bits per heavy atom. The number of hydrogen-bond donors (Lipinski definition) is 1. The van der Waals surface area contributed by atoms with Crippen LogP contribution in [0.25, 0.3) is 11.0 Å². The van der Waals surface area contributed by atoms with E-state index in [2.05, 4.69) is 5.32 Å². The Morgan fingerprint density at radius 3 is 2.12 bits per heavy atom. The summed E-state index contributed by atoms with van der Waals surface area (Å²) in [7, 11) is 0. The van der Waals surface area contributed by atoms with Crippen LogP contribution in [-0.4, -0.2) is 12.1 Å². The van der Waals surface area contributed by atoms with E-state index in [0.29, 0.717) is 23.1 Å². The summed E-state index contributed by atoms with van der Waals surface area (Å²) in [5.41, 5.74) is 3.58. The quantitative estimate of drug-likeness (QED) is 0.144. The molecule has 4 aromatic carbocycles. The van der Waals surface area contributed by atoms with Gasteiger partial charge in [0.05, 0.1) is 0 Å². The molecule has 0 saturated heterocycles. The van der Waals surface area contributed by atoms with Crippen LogP contribution in [0.5, 0.6) is 5.75 Å². The molecule has 0 aliphatic carbocycles. The molecular formula is C33H27NO6. The molecule has 0 aliphatic rings. The molecule has 1 aromatic heterocycles. The normalized spacial score (nSPS) is 11.5. The Kier molecular flexibility index (Phi) is 8.02. The minimum atomic E-state index is -1.12. The fourth-order valence-electron chi connectivity index (χ4n) is 4.42. The van der Waals surface area contributed by atoms with E-state index in [1.807, 2.05) is 67.6 Å². The highest BCUT2D eigenvalue weighted by molar-refractivity contribution is 5.86. The van der Waals surface area contributed by atoms with Crippen LogP contribution in [0.1, 0.15) is 33.9 Å². The van der Waals surface area contributed by atoms with E-state index < -0.39 is 23.7 Å². The summed E-state index contributed by atoms with van der Waals surface area (Å²) in [6.07, 6.45) is -0.312. The highest BCUT2D eigenvalue weighted by atomic mass is 16.6. The van der Waals surface area contributed by atoms with Gasteiger partial charge in [0.1, 0.15) is 17.9 Å². The maximum Gasteiger partial charge on any atom is 0.408 e. The molecule has 1 amide bonds. The lowest BCUT2D eigenvalue weighted by Gasteiger charge is -2.18. The third-order valence-corrected chi connectivity index (χ3v) is 6.54. The molecule has 7 heteroatoms. The van der Waals surface area contributed by atoms with Crippen molar-refractivity contribution in [3.05, 3.63) is 147 Å². The zero-order valence-electron chi connectivity index (χ0n) is 21.8. The summed E-state index contributed by atoms with van der Waals surface area (Å²) < 4.78 is 16.6.